The third-order valence-corrected chi connectivity index (χ3v) is 13.4. The van der Waals surface area contributed by atoms with Gasteiger partial charge in [-0.2, -0.15) is 0 Å². The zero-order valence-corrected chi connectivity index (χ0v) is 16.5. The van der Waals surface area contributed by atoms with Crippen molar-refractivity contribution in [1.29, 1.82) is 0 Å². The molecule has 110 valence electrons. The lowest BCUT2D eigenvalue weighted by molar-refractivity contribution is 0.705. The van der Waals surface area contributed by atoms with Crippen LogP contribution in [0.4, 0.5) is 0 Å². The molecule has 0 heterocycles. The van der Waals surface area contributed by atoms with Crippen LogP contribution in [0.2, 0.25) is 37.8 Å². The average molecular weight is 303 g/mol. The summed E-state index contributed by atoms with van der Waals surface area (Å²) in [6.45, 7) is 19.9. The van der Waals surface area contributed by atoms with Gasteiger partial charge in [0.05, 0.1) is 16.1 Å². The first-order valence-electron chi connectivity index (χ1n) is 7.78. The van der Waals surface area contributed by atoms with Crippen molar-refractivity contribution in [3.05, 3.63) is 41.5 Å². The van der Waals surface area contributed by atoms with E-state index >= 15 is 0 Å². The molecule has 0 radical (unpaired) electrons. The zero-order valence-electron chi connectivity index (χ0n) is 14.5. The molecule has 2 rings (SSSR count). The molecule has 1 aliphatic carbocycles. The summed E-state index contributed by atoms with van der Waals surface area (Å²) in [4.78, 5) is 0. The summed E-state index contributed by atoms with van der Waals surface area (Å²) in [5.41, 5.74) is 3.85. The highest BCUT2D eigenvalue weighted by Gasteiger charge is 2.45. The van der Waals surface area contributed by atoms with E-state index < -0.39 is 16.1 Å². The van der Waals surface area contributed by atoms with Gasteiger partial charge >= 0.3 is 0 Å². The second-order valence-electron chi connectivity index (χ2n) is 8.87. The predicted octanol–water partition coefficient (Wildman–Crippen LogP) is 6.09. The Morgan fingerprint density at radius 1 is 0.900 bits per heavy atom. The second-order valence-corrected chi connectivity index (χ2v) is 19.5. The van der Waals surface area contributed by atoms with Crippen LogP contribution >= 0.6 is 0 Å². The quantitative estimate of drug-likeness (QED) is 0.580. The van der Waals surface area contributed by atoms with Crippen LogP contribution in [0.25, 0.3) is 5.20 Å². The van der Waals surface area contributed by atoms with Crippen molar-refractivity contribution in [2.45, 2.75) is 64.1 Å². The SMILES string of the molecule is CC(C)(C)[Si](C)(C)C1C=C([Si](C)(C)C)c2ccccc21. The molecule has 0 spiro atoms. The molecule has 1 aromatic rings. The number of fused-ring (bicyclic) bond motifs is 1. The van der Waals surface area contributed by atoms with Crippen LogP contribution in [-0.4, -0.2) is 16.1 Å². The van der Waals surface area contributed by atoms with Crippen LogP contribution in [-0.2, 0) is 0 Å². The van der Waals surface area contributed by atoms with Gasteiger partial charge in [-0.25, -0.2) is 0 Å². The molecule has 2 heteroatoms. The average Bonchev–Trinajstić information content (AvgIpc) is 2.66. The minimum Gasteiger partial charge on any atom is -0.0798 e. The van der Waals surface area contributed by atoms with E-state index in [4.69, 9.17) is 0 Å². The molecule has 0 saturated carbocycles. The van der Waals surface area contributed by atoms with Gasteiger partial charge in [-0.05, 0) is 21.7 Å². The van der Waals surface area contributed by atoms with E-state index in [0.29, 0.717) is 10.6 Å². The van der Waals surface area contributed by atoms with E-state index in [0.717, 1.165) is 0 Å². The molecule has 1 unspecified atom stereocenters. The maximum Gasteiger partial charge on any atom is 0.0779 e. The summed E-state index contributed by atoms with van der Waals surface area (Å²) >= 11 is 0. The van der Waals surface area contributed by atoms with Gasteiger partial charge in [0.2, 0.25) is 0 Å². The Balaban J connectivity index is 2.60. The van der Waals surface area contributed by atoms with Gasteiger partial charge in [0.1, 0.15) is 0 Å². The van der Waals surface area contributed by atoms with Gasteiger partial charge in [-0.1, -0.05) is 89.0 Å². The normalized spacial score (nSPS) is 19.8. The Morgan fingerprint density at radius 2 is 1.45 bits per heavy atom. The topological polar surface area (TPSA) is 0 Å². The number of allylic oxidation sites excluding steroid dienone is 1. The third-order valence-electron chi connectivity index (χ3n) is 5.44. The fourth-order valence-corrected chi connectivity index (χ4v) is 7.49. The molecule has 1 aliphatic rings. The molecule has 0 N–H and O–H groups in total. The molecular weight excluding hydrogens is 272 g/mol. The molecular formula is C18H30Si2. The summed E-state index contributed by atoms with van der Waals surface area (Å²) in [5, 5.41) is 2.11. The second kappa shape index (κ2) is 4.70. The molecule has 0 aliphatic heterocycles. The van der Waals surface area contributed by atoms with E-state index in [1.165, 1.54) is 0 Å². The van der Waals surface area contributed by atoms with Crippen molar-refractivity contribution in [3.63, 3.8) is 0 Å². The highest BCUT2D eigenvalue weighted by atomic mass is 28.3. The number of benzene rings is 1. The van der Waals surface area contributed by atoms with E-state index in [1.807, 2.05) is 0 Å². The first-order valence-corrected chi connectivity index (χ1v) is 14.4. The van der Waals surface area contributed by atoms with Crippen molar-refractivity contribution in [2.75, 3.05) is 0 Å². The van der Waals surface area contributed by atoms with Crippen LogP contribution in [0.1, 0.15) is 37.4 Å². The lowest BCUT2D eigenvalue weighted by atomic mass is 10.1. The van der Waals surface area contributed by atoms with Crippen molar-refractivity contribution >= 4 is 21.3 Å². The van der Waals surface area contributed by atoms with Crippen molar-refractivity contribution in [2.24, 2.45) is 0 Å². The van der Waals surface area contributed by atoms with Crippen molar-refractivity contribution < 1.29 is 0 Å². The minimum absolute atomic E-state index is 0.427. The van der Waals surface area contributed by atoms with Crippen molar-refractivity contribution in [3.8, 4) is 0 Å². The number of rotatable bonds is 2. The monoisotopic (exact) mass is 302 g/mol. The highest BCUT2D eigenvalue weighted by molar-refractivity contribution is 6.94. The van der Waals surface area contributed by atoms with Crippen LogP contribution in [0.3, 0.4) is 0 Å². The van der Waals surface area contributed by atoms with E-state index in [1.54, 1.807) is 16.3 Å². The van der Waals surface area contributed by atoms with Crippen LogP contribution in [0.5, 0.6) is 0 Å². The fraction of sp³-hybridized carbons (Fsp3) is 0.556. The first-order chi connectivity index (χ1) is 8.96. The van der Waals surface area contributed by atoms with Crippen LogP contribution < -0.4 is 0 Å². The number of hydrogen-bond acceptors (Lipinski definition) is 0. The third kappa shape index (κ3) is 2.48. The molecule has 0 saturated heterocycles. The fourth-order valence-electron chi connectivity index (χ4n) is 3.08. The number of hydrogen-bond donors (Lipinski definition) is 0. The molecule has 0 nitrogen and oxygen atoms in total. The molecule has 1 atom stereocenters. The molecule has 0 amide bonds. The highest BCUT2D eigenvalue weighted by Crippen LogP contribution is 2.51. The maximum atomic E-state index is 2.66. The summed E-state index contributed by atoms with van der Waals surface area (Å²) < 4.78 is 0. The summed E-state index contributed by atoms with van der Waals surface area (Å²) in [5.74, 6) is 0. The lowest BCUT2D eigenvalue weighted by Crippen LogP contribution is -2.42. The van der Waals surface area contributed by atoms with E-state index in [9.17, 15) is 0 Å². The Morgan fingerprint density at radius 3 is 1.95 bits per heavy atom. The molecule has 0 aromatic heterocycles. The Kier molecular flexibility index (Phi) is 3.71. The van der Waals surface area contributed by atoms with Gasteiger partial charge in [-0.3, -0.25) is 0 Å². The van der Waals surface area contributed by atoms with E-state index in [2.05, 4.69) is 83.8 Å². The Labute approximate surface area is 127 Å². The van der Waals surface area contributed by atoms with Crippen molar-refractivity contribution in [1.82, 2.24) is 0 Å². The van der Waals surface area contributed by atoms with Crippen LogP contribution in [0.15, 0.2) is 30.3 Å². The van der Waals surface area contributed by atoms with E-state index in [-0.39, 0.29) is 0 Å². The first kappa shape index (κ1) is 15.8. The van der Waals surface area contributed by atoms with Gasteiger partial charge in [0.25, 0.3) is 0 Å². The van der Waals surface area contributed by atoms with Crippen LogP contribution in [0, 0.1) is 0 Å². The molecule has 0 bridgehead atoms. The lowest BCUT2D eigenvalue weighted by Gasteiger charge is -2.41. The smallest absolute Gasteiger partial charge is 0.0779 e. The Hall–Kier alpha value is -0.606. The summed E-state index contributed by atoms with van der Waals surface area (Å²) in [6, 6.07) is 9.16. The maximum absolute atomic E-state index is 2.66. The summed E-state index contributed by atoms with van der Waals surface area (Å²) in [6.07, 6.45) is 2.66. The van der Waals surface area contributed by atoms with Gasteiger partial charge in [-0.15, -0.1) is 0 Å². The standard InChI is InChI=1S/C18H30Si2/c1-18(2,3)20(7,8)17-13-16(19(4,5)6)14-11-9-10-12-15(14)17/h9-13,17H,1-8H3. The summed E-state index contributed by atoms with van der Waals surface area (Å²) in [7, 11) is -2.67. The largest absolute Gasteiger partial charge is 0.0798 e. The zero-order chi connectivity index (χ0) is 15.3. The minimum atomic E-state index is -1.40. The Bertz CT molecular complexity index is 539. The molecule has 0 fully saturated rings. The predicted molar refractivity (Wildman–Crippen MR) is 97.7 cm³/mol. The van der Waals surface area contributed by atoms with Gasteiger partial charge < -0.3 is 0 Å². The van der Waals surface area contributed by atoms with Gasteiger partial charge in [0.15, 0.2) is 0 Å². The molecule has 20 heavy (non-hydrogen) atoms. The molecule has 1 aromatic carbocycles. The van der Waals surface area contributed by atoms with Gasteiger partial charge in [0, 0.05) is 0 Å².